The van der Waals surface area contributed by atoms with Crippen LogP contribution in [0, 0.1) is 11.7 Å². The zero-order valence-electron chi connectivity index (χ0n) is 11.9. The summed E-state index contributed by atoms with van der Waals surface area (Å²) in [5.74, 6) is 0.520. The predicted octanol–water partition coefficient (Wildman–Crippen LogP) is 3.55. The van der Waals surface area contributed by atoms with Gasteiger partial charge in [-0.15, -0.1) is 0 Å². The molecule has 1 saturated carbocycles. The smallest absolute Gasteiger partial charge is 0.137 e. The van der Waals surface area contributed by atoms with E-state index in [0.717, 1.165) is 44.3 Å². The van der Waals surface area contributed by atoms with Gasteiger partial charge in [-0.1, -0.05) is 18.6 Å². The van der Waals surface area contributed by atoms with Crippen LogP contribution in [0.15, 0.2) is 24.3 Å². The number of nitrogens with zero attached hydrogens (tertiary/aromatic N) is 1. The summed E-state index contributed by atoms with van der Waals surface area (Å²) in [6, 6.07) is 7.17. The second-order valence-electron chi connectivity index (χ2n) is 6.13. The fourth-order valence-electron chi connectivity index (χ4n) is 3.74. The molecule has 1 aromatic rings. The molecule has 2 fully saturated rings. The van der Waals surface area contributed by atoms with Gasteiger partial charge >= 0.3 is 0 Å². The monoisotopic (exact) mass is 275 g/mol. The zero-order valence-corrected chi connectivity index (χ0v) is 11.9. The molecular weight excluding hydrogens is 253 g/mol. The highest BCUT2D eigenvalue weighted by Crippen LogP contribution is 2.33. The quantitative estimate of drug-likeness (QED) is 0.841. The second kappa shape index (κ2) is 6.04. The van der Waals surface area contributed by atoms with Crippen molar-refractivity contribution in [3.63, 3.8) is 0 Å². The number of carbonyl (C=O) groups is 1. The van der Waals surface area contributed by atoms with Crippen LogP contribution >= 0.6 is 0 Å². The predicted molar refractivity (Wildman–Crippen MR) is 76.8 cm³/mol. The van der Waals surface area contributed by atoms with Crippen LogP contribution in [0.1, 0.15) is 44.1 Å². The summed E-state index contributed by atoms with van der Waals surface area (Å²) < 4.78 is 13.0. The number of hydrogen-bond donors (Lipinski definition) is 0. The molecule has 1 heterocycles. The first-order valence-electron chi connectivity index (χ1n) is 7.75. The van der Waals surface area contributed by atoms with Crippen LogP contribution in [0.5, 0.6) is 0 Å². The van der Waals surface area contributed by atoms with Gasteiger partial charge in [0.25, 0.3) is 0 Å². The Morgan fingerprint density at radius 3 is 2.60 bits per heavy atom. The highest BCUT2D eigenvalue weighted by atomic mass is 19.1. The number of carbonyl (C=O) groups excluding carboxylic acids is 1. The van der Waals surface area contributed by atoms with Gasteiger partial charge in [-0.05, 0) is 49.9 Å². The van der Waals surface area contributed by atoms with E-state index < -0.39 is 0 Å². The van der Waals surface area contributed by atoms with Crippen LogP contribution in [0.2, 0.25) is 0 Å². The molecule has 0 radical (unpaired) electrons. The normalized spacial score (nSPS) is 27.9. The molecule has 108 valence electrons. The zero-order chi connectivity index (χ0) is 13.9. The Kier molecular flexibility index (Phi) is 4.16. The molecule has 0 aromatic heterocycles. The Hall–Kier alpha value is -1.22. The van der Waals surface area contributed by atoms with Gasteiger partial charge < -0.3 is 0 Å². The molecule has 2 nitrogen and oxygen atoms in total. The molecule has 0 spiro atoms. The highest BCUT2D eigenvalue weighted by molar-refractivity contribution is 5.83. The van der Waals surface area contributed by atoms with Crippen LogP contribution in [-0.4, -0.2) is 23.3 Å². The van der Waals surface area contributed by atoms with Crippen molar-refractivity contribution < 1.29 is 9.18 Å². The molecule has 3 rings (SSSR count). The Labute approximate surface area is 120 Å². The topological polar surface area (TPSA) is 20.3 Å². The number of ketones is 1. The number of Topliss-reactive ketones (excluding diaryl/α,β-unsaturated/α-hetero) is 1. The van der Waals surface area contributed by atoms with E-state index in [9.17, 15) is 9.18 Å². The molecule has 2 unspecified atom stereocenters. The maximum Gasteiger partial charge on any atom is 0.137 e. The standard InChI is InChI=1S/C17H22FNO/c18-14-9-7-13(8-10-14)12-19-11-2-1-5-16(19)15-4-3-6-17(15)20/h7-10,15-16H,1-6,11-12H2. The number of likely N-dealkylation sites (tertiary alicyclic amines) is 1. The van der Waals surface area contributed by atoms with Gasteiger partial charge in [0.2, 0.25) is 0 Å². The first-order chi connectivity index (χ1) is 9.74. The van der Waals surface area contributed by atoms with E-state index in [1.54, 1.807) is 0 Å². The summed E-state index contributed by atoms with van der Waals surface area (Å²) in [5.41, 5.74) is 1.14. The third kappa shape index (κ3) is 2.93. The van der Waals surface area contributed by atoms with Crippen molar-refractivity contribution in [3.8, 4) is 0 Å². The molecule has 20 heavy (non-hydrogen) atoms. The van der Waals surface area contributed by atoms with Crippen molar-refractivity contribution in [2.24, 2.45) is 5.92 Å². The molecule has 0 N–H and O–H groups in total. The van der Waals surface area contributed by atoms with Crippen LogP contribution in [0.25, 0.3) is 0 Å². The molecule has 1 aliphatic carbocycles. The SMILES string of the molecule is O=C1CCCC1C1CCCCN1Cc1ccc(F)cc1. The van der Waals surface area contributed by atoms with Gasteiger partial charge in [0.15, 0.2) is 0 Å². The maximum atomic E-state index is 13.0. The van der Waals surface area contributed by atoms with Crippen molar-refractivity contribution in [2.45, 2.75) is 51.1 Å². The number of benzene rings is 1. The van der Waals surface area contributed by atoms with Crippen LogP contribution < -0.4 is 0 Å². The molecule has 2 aliphatic rings. The molecule has 1 aromatic carbocycles. The van der Waals surface area contributed by atoms with Crippen LogP contribution in [-0.2, 0) is 11.3 Å². The molecular formula is C17H22FNO. The third-order valence-electron chi connectivity index (χ3n) is 4.78. The van der Waals surface area contributed by atoms with E-state index in [1.807, 2.05) is 12.1 Å². The van der Waals surface area contributed by atoms with Crippen molar-refractivity contribution in [3.05, 3.63) is 35.6 Å². The molecule has 0 amide bonds. The third-order valence-corrected chi connectivity index (χ3v) is 4.78. The lowest BCUT2D eigenvalue weighted by molar-refractivity contribution is -0.123. The Morgan fingerprint density at radius 2 is 1.90 bits per heavy atom. The Balaban J connectivity index is 1.71. The van der Waals surface area contributed by atoms with Crippen molar-refractivity contribution in [1.29, 1.82) is 0 Å². The van der Waals surface area contributed by atoms with Gasteiger partial charge in [0.1, 0.15) is 11.6 Å². The summed E-state index contributed by atoms with van der Waals surface area (Å²) in [6.07, 6.45) is 6.46. The summed E-state index contributed by atoms with van der Waals surface area (Å²) >= 11 is 0. The minimum absolute atomic E-state index is 0.185. The van der Waals surface area contributed by atoms with E-state index in [-0.39, 0.29) is 11.7 Å². The van der Waals surface area contributed by atoms with Gasteiger partial charge in [0, 0.05) is 24.9 Å². The fraction of sp³-hybridized carbons (Fsp3) is 0.588. The summed E-state index contributed by atoms with van der Waals surface area (Å²) in [7, 11) is 0. The van der Waals surface area contributed by atoms with Crippen LogP contribution in [0.4, 0.5) is 4.39 Å². The molecule has 0 bridgehead atoms. The van der Waals surface area contributed by atoms with Crippen molar-refractivity contribution in [2.75, 3.05) is 6.54 Å². The van der Waals surface area contributed by atoms with E-state index in [4.69, 9.17) is 0 Å². The van der Waals surface area contributed by atoms with Gasteiger partial charge in [-0.25, -0.2) is 4.39 Å². The first kappa shape index (κ1) is 13.7. The summed E-state index contributed by atoms with van der Waals surface area (Å²) in [6.45, 7) is 1.90. The van der Waals surface area contributed by atoms with E-state index in [1.165, 1.54) is 25.0 Å². The van der Waals surface area contributed by atoms with Crippen molar-refractivity contribution in [1.82, 2.24) is 4.90 Å². The molecule has 3 heteroatoms. The van der Waals surface area contributed by atoms with E-state index in [0.29, 0.717) is 11.8 Å². The average Bonchev–Trinajstić information content (AvgIpc) is 2.88. The average molecular weight is 275 g/mol. The van der Waals surface area contributed by atoms with Gasteiger partial charge in [-0.3, -0.25) is 9.69 Å². The highest BCUT2D eigenvalue weighted by Gasteiger charge is 2.36. The first-order valence-corrected chi connectivity index (χ1v) is 7.75. The van der Waals surface area contributed by atoms with Gasteiger partial charge in [0.05, 0.1) is 0 Å². The Bertz CT molecular complexity index is 470. The van der Waals surface area contributed by atoms with Gasteiger partial charge in [-0.2, -0.15) is 0 Å². The molecule has 1 saturated heterocycles. The van der Waals surface area contributed by atoms with Crippen molar-refractivity contribution >= 4 is 5.78 Å². The van der Waals surface area contributed by atoms with E-state index in [2.05, 4.69) is 4.90 Å². The van der Waals surface area contributed by atoms with E-state index >= 15 is 0 Å². The minimum Gasteiger partial charge on any atom is -0.299 e. The lowest BCUT2D eigenvalue weighted by Crippen LogP contribution is -2.44. The molecule has 2 atom stereocenters. The number of halogens is 1. The molecule has 1 aliphatic heterocycles. The van der Waals surface area contributed by atoms with Crippen LogP contribution in [0.3, 0.4) is 0 Å². The number of rotatable bonds is 3. The summed E-state index contributed by atoms with van der Waals surface area (Å²) in [5, 5.41) is 0. The summed E-state index contributed by atoms with van der Waals surface area (Å²) in [4.78, 5) is 14.5. The number of hydrogen-bond acceptors (Lipinski definition) is 2. The largest absolute Gasteiger partial charge is 0.299 e. The number of piperidine rings is 1. The minimum atomic E-state index is -0.185. The lowest BCUT2D eigenvalue weighted by Gasteiger charge is -2.38. The second-order valence-corrected chi connectivity index (χ2v) is 6.13. The maximum absolute atomic E-state index is 13.0. The Morgan fingerprint density at radius 1 is 1.10 bits per heavy atom. The fourth-order valence-corrected chi connectivity index (χ4v) is 3.74. The lowest BCUT2D eigenvalue weighted by atomic mass is 9.88.